The van der Waals surface area contributed by atoms with Crippen molar-refractivity contribution in [2.45, 2.75) is 37.9 Å². The number of hydrogen-bond acceptors (Lipinski definition) is 3. The van der Waals surface area contributed by atoms with Crippen molar-refractivity contribution in [1.82, 2.24) is 9.55 Å². The molecule has 0 amide bonds. The van der Waals surface area contributed by atoms with Gasteiger partial charge >= 0.3 is 0 Å². The lowest BCUT2D eigenvalue weighted by Crippen LogP contribution is -2.45. The van der Waals surface area contributed by atoms with Crippen LogP contribution in [0.1, 0.15) is 32.5 Å². The zero-order valence-corrected chi connectivity index (χ0v) is 9.53. The summed E-state index contributed by atoms with van der Waals surface area (Å²) in [5.74, 6) is 0.735. The molecule has 1 fully saturated rings. The van der Waals surface area contributed by atoms with E-state index in [2.05, 4.69) is 4.98 Å². The van der Waals surface area contributed by atoms with Crippen LogP contribution >= 0.6 is 0 Å². The molecule has 1 aliphatic rings. The smallest absolute Gasteiger partial charge is 0.140 e. The van der Waals surface area contributed by atoms with Crippen LogP contribution in [-0.2, 0) is 17.4 Å². The second-order valence-corrected chi connectivity index (χ2v) is 4.93. The molecule has 1 saturated heterocycles. The van der Waals surface area contributed by atoms with Crippen molar-refractivity contribution in [3.8, 4) is 0 Å². The number of imidazole rings is 1. The zero-order chi connectivity index (χ0) is 11.1. The van der Waals surface area contributed by atoms with Gasteiger partial charge in [0.25, 0.3) is 0 Å². The molecule has 2 rings (SSSR count). The number of rotatable bonds is 1. The lowest BCUT2D eigenvalue weighted by atomic mass is 9.83. The zero-order valence-electron chi connectivity index (χ0n) is 9.53. The maximum Gasteiger partial charge on any atom is 0.140 e. The largest absolute Gasteiger partial charge is 0.382 e. The molecular formula is C11H18N2O2. The molecule has 0 aliphatic carbocycles. The minimum Gasteiger partial charge on any atom is -0.382 e. The van der Waals surface area contributed by atoms with Crippen molar-refractivity contribution >= 4 is 0 Å². The van der Waals surface area contributed by atoms with Crippen molar-refractivity contribution in [1.29, 1.82) is 0 Å². The molecule has 2 heterocycles. The maximum atomic E-state index is 10.6. The fourth-order valence-corrected chi connectivity index (χ4v) is 2.34. The van der Waals surface area contributed by atoms with Gasteiger partial charge in [-0.3, -0.25) is 0 Å². The van der Waals surface area contributed by atoms with E-state index < -0.39 is 5.60 Å². The van der Waals surface area contributed by atoms with Crippen molar-refractivity contribution in [3.63, 3.8) is 0 Å². The fraction of sp³-hybridized carbons (Fsp3) is 0.727. The van der Waals surface area contributed by atoms with Gasteiger partial charge in [-0.1, -0.05) is 0 Å². The summed E-state index contributed by atoms with van der Waals surface area (Å²) in [4.78, 5) is 4.23. The third-order valence-corrected chi connectivity index (χ3v) is 2.96. The summed E-state index contributed by atoms with van der Waals surface area (Å²) in [6.07, 6.45) is 4.78. The minimum atomic E-state index is -0.847. The Bertz CT molecular complexity index is 359. The van der Waals surface area contributed by atoms with E-state index in [-0.39, 0.29) is 5.60 Å². The summed E-state index contributed by atoms with van der Waals surface area (Å²) < 4.78 is 7.48. The highest BCUT2D eigenvalue weighted by Gasteiger charge is 2.42. The average molecular weight is 210 g/mol. The topological polar surface area (TPSA) is 47.3 Å². The van der Waals surface area contributed by atoms with Crippen LogP contribution in [-0.4, -0.2) is 26.9 Å². The van der Waals surface area contributed by atoms with E-state index >= 15 is 0 Å². The van der Waals surface area contributed by atoms with Crippen LogP contribution in [0.3, 0.4) is 0 Å². The van der Waals surface area contributed by atoms with Gasteiger partial charge in [-0.05, 0) is 13.8 Å². The van der Waals surface area contributed by atoms with E-state index in [1.807, 2.05) is 31.7 Å². The molecular weight excluding hydrogens is 192 g/mol. The minimum absolute atomic E-state index is 0.279. The van der Waals surface area contributed by atoms with E-state index in [1.165, 1.54) is 0 Å². The van der Waals surface area contributed by atoms with Gasteiger partial charge in [-0.25, -0.2) is 4.98 Å². The molecule has 1 aliphatic heterocycles. The van der Waals surface area contributed by atoms with Crippen molar-refractivity contribution in [3.05, 3.63) is 18.2 Å². The Balaban J connectivity index is 2.31. The van der Waals surface area contributed by atoms with Crippen LogP contribution in [0.2, 0.25) is 0 Å². The Morgan fingerprint density at radius 3 is 2.80 bits per heavy atom. The normalized spacial score (nSPS) is 30.4. The standard InChI is InChI=1S/C11H18N2O2/c1-10(2)8-11(14,4-7-15-10)9-12-5-6-13(9)3/h5-6,14H,4,7-8H2,1-3H3. The van der Waals surface area contributed by atoms with Gasteiger partial charge in [0.2, 0.25) is 0 Å². The monoisotopic (exact) mass is 210 g/mol. The predicted molar refractivity (Wildman–Crippen MR) is 56.4 cm³/mol. The summed E-state index contributed by atoms with van der Waals surface area (Å²) in [5.41, 5.74) is -1.13. The molecule has 1 atom stereocenters. The number of nitrogens with zero attached hydrogens (tertiary/aromatic N) is 2. The number of hydrogen-bond donors (Lipinski definition) is 1. The SMILES string of the molecule is Cn1ccnc1C1(O)CCOC(C)(C)C1. The van der Waals surface area contributed by atoms with Gasteiger partial charge in [0.1, 0.15) is 11.4 Å². The molecule has 1 unspecified atom stereocenters. The first-order valence-electron chi connectivity index (χ1n) is 5.27. The Morgan fingerprint density at radius 2 is 2.27 bits per heavy atom. The first kappa shape index (κ1) is 10.6. The molecule has 0 spiro atoms. The molecule has 4 nitrogen and oxygen atoms in total. The van der Waals surface area contributed by atoms with E-state index in [4.69, 9.17) is 4.74 Å². The first-order chi connectivity index (χ1) is 6.93. The van der Waals surface area contributed by atoms with Gasteiger partial charge < -0.3 is 14.4 Å². The Kier molecular flexibility index (Phi) is 2.35. The lowest BCUT2D eigenvalue weighted by Gasteiger charge is -2.40. The highest BCUT2D eigenvalue weighted by molar-refractivity contribution is 5.08. The highest BCUT2D eigenvalue weighted by Crippen LogP contribution is 2.38. The third-order valence-electron chi connectivity index (χ3n) is 2.96. The van der Waals surface area contributed by atoms with Crippen LogP contribution in [0.5, 0.6) is 0 Å². The van der Waals surface area contributed by atoms with Crippen LogP contribution in [0, 0.1) is 0 Å². The molecule has 4 heteroatoms. The molecule has 0 bridgehead atoms. The molecule has 1 aromatic heterocycles. The van der Waals surface area contributed by atoms with Crippen LogP contribution in [0.25, 0.3) is 0 Å². The quantitative estimate of drug-likeness (QED) is 0.757. The maximum absolute atomic E-state index is 10.6. The summed E-state index contributed by atoms with van der Waals surface area (Å²) in [6, 6.07) is 0. The van der Waals surface area contributed by atoms with E-state index in [1.54, 1.807) is 6.20 Å². The number of aromatic nitrogens is 2. The van der Waals surface area contributed by atoms with Gasteiger partial charge in [0, 0.05) is 32.3 Å². The third kappa shape index (κ3) is 1.92. The molecule has 1 N–H and O–H groups in total. The van der Waals surface area contributed by atoms with Gasteiger partial charge in [-0.15, -0.1) is 0 Å². The predicted octanol–water partition coefficient (Wildman–Crippen LogP) is 1.20. The van der Waals surface area contributed by atoms with Crippen LogP contribution in [0.4, 0.5) is 0 Å². The second kappa shape index (κ2) is 3.32. The summed E-state index contributed by atoms with van der Waals surface area (Å²) in [6.45, 7) is 4.58. The van der Waals surface area contributed by atoms with Crippen molar-refractivity contribution in [2.24, 2.45) is 7.05 Å². The van der Waals surface area contributed by atoms with Crippen LogP contribution < -0.4 is 0 Å². The number of ether oxygens (including phenoxy) is 1. The summed E-state index contributed by atoms with van der Waals surface area (Å²) in [5, 5.41) is 10.6. The highest BCUT2D eigenvalue weighted by atomic mass is 16.5. The number of aryl methyl sites for hydroxylation is 1. The van der Waals surface area contributed by atoms with Gasteiger partial charge in [0.05, 0.1) is 12.2 Å². The Hall–Kier alpha value is -0.870. The first-order valence-corrected chi connectivity index (χ1v) is 5.27. The van der Waals surface area contributed by atoms with E-state index in [0.717, 1.165) is 5.82 Å². The van der Waals surface area contributed by atoms with Crippen molar-refractivity contribution in [2.75, 3.05) is 6.61 Å². The number of aliphatic hydroxyl groups is 1. The Morgan fingerprint density at radius 1 is 1.53 bits per heavy atom. The molecule has 15 heavy (non-hydrogen) atoms. The summed E-state index contributed by atoms with van der Waals surface area (Å²) >= 11 is 0. The average Bonchev–Trinajstić information content (AvgIpc) is 2.49. The van der Waals surface area contributed by atoms with Crippen LogP contribution in [0.15, 0.2) is 12.4 Å². The lowest BCUT2D eigenvalue weighted by molar-refractivity contribution is -0.152. The van der Waals surface area contributed by atoms with Gasteiger partial charge in [-0.2, -0.15) is 0 Å². The van der Waals surface area contributed by atoms with E-state index in [9.17, 15) is 5.11 Å². The van der Waals surface area contributed by atoms with E-state index in [0.29, 0.717) is 19.4 Å². The summed E-state index contributed by atoms with van der Waals surface area (Å²) in [7, 11) is 1.91. The second-order valence-electron chi connectivity index (χ2n) is 4.93. The molecule has 0 radical (unpaired) electrons. The van der Waals surface area contributed by atoms with Crippen molar-refractivity contribution < 1.29 is 9.84 Å². The molecule has 0 saturated carbocycles. The molecule has 0 aromatic carbocycles. The molecule has 1 aromatic rings. The Labute approximate surface area is 89.9 Å². The van der Waals surface area contributed by atoms with Gasteiger partial charge in [0.15, 0.2) is 0 Å². The molecule has 84 valence electrons. The fourth-order valence-electron chi connectivity index (χ4n) is 2.34.